The molecule has 0 saturated carbocycles. The fourth-order valence-corrected chi connectivity index (χ4v) is 9.60. The maximum atomic E-state index is 13.3. The second-order valence-electron chi connectivity index (χ2n) is 21.1. The summed E-state index contributed by atoms with van der Waals surface area (Å²) >= 11 is 0. The molecular weight excluding hydrogens is 839 g/mol. The van der Waals surface area contributed by atoms with Gasteiger partial charge in [-0.2, -0.15) is 0 Å². The zero-order chi connectivity index (χ0) is 49.5. The molecule has 0 bridgehead atoms. The van der Waals surface area contributed by atoms with Crippen LogP contribution in [0.1, 0.15) is 335 Å². The van der Waals surface area contributed by atoms with Crippen LogP contribution in [0.25, 0.3) is 0 Å². The number of unbranched alkanes of at least 4 members (excludes halogenated alkanes) is 40. The summed E-state index contributed by atoms with van der Waals surface area (Å²) in [5, 5.41) is 23.9. The van der Waals surface area contributed by atoms with E-state index in [1.54, 1.807) is 0 Å². The van der Waals surface area contributed by atoms with E-state index in [9.17, 15) is 19.8 Å². The van der Waals surface area contributed by atoms with Gasteiger partial charge in [-0.3, -0.25) is 9.59 Å². The van der Waals surface area contributed by atoms with Gasteiger partial charge in [0.2, 0.25) is 5.91 Å². The maximum Gasteiger partial charge on any atom is 0.306 e. The third-order valence-electron chi connectivity index (χ3n) is 14.3. The molecule has 1 amide bonds. The van der Waals surface area contributed by atoms with Gasteiger partial charge >= 0.3 is 5.97 Å². The highest BCUT2D eigenvalue weighted by molar-refractivity contribution is 5.77. The van der Waals surface area contributed by atoms with Crippen molar-refractivity contribution in [3.8, 4) is 0 Å². The fourth-order valence-electron chi connectivity index (χ4n) is 9.60. The predicted molar refractivity (Wildman–Crippen MR) is 296 cm³/mol. The molecule has 0 radical (unpaired) electrons. The largest absolute Gasteiger partial charge is 0.462 e. The molecular formula is C62H119NO5. The van der Waals surface area contributed by atoms with Crippen molar-refractivity contribution in [1.82, 2.24) is 5.32 Å². The van der Waals surface area contributed by atoms with E-state index in [1.165, 1.54) is 238 Å². The van der Waals surface area contributed by atoms with E-state index in [-0.39, 0.29) is 24.9 Å². The molecule has 0 aromatic carbocycles. The predicted octanol–water partition coefficient (Wildman–Crippen LogP) is 19.0. The Morgan fingerprint density at radius 1 is 0.412 bits per heavy atom. The Morgan fingerprint density at radius 2 is 0.706 bits per heavy atom. The van der Waals surface area contributed by atoms with E-state index in [0.29, 0.717) is 19.3 Å². The van der Waals surface area contributed by atoms with Crippen molar-refractivity contribution >= 4 is 11.9 Å². The van der Waals surface area contributed by atoms with Gasteiger partial charge in [0.15, 0.2) is 0 Å². The number of carbonyl (C=O) groups excluding carboxylic acids is 2. The first-order valence-corrected chi connectivity index (χ1v) is 30.6. The number of esters is 1. The Labute approximate surface area is 424 Å². The second kappa shape index (κ2) is 56.3. The maximum absolute atomic E-state index is 13.3. The zero-order valence-corrected chi connectivity index (χ0v) is 46.0. The number of ether oxygens (including phenoxy) is 1. The first-order chi connectivity index (χ1) is 33.5. The second-order valence-corrected chi connectivity index (χ2v) is 21.1. The van der Waals surface area contributed by atoms with Gasteiger partial charge in [0.25, 0.3) is 0 Å². The van der Waals surface area contributed by atoms with Crippen molar-refractivity contribution in [2.75, 3.05) is 6.61 Å². The van der Waals surface area contributed by atoms with Gasteiger partial charge in [-0.05, 0) is 77.0 Å². The third-order valence-corrected chi connectivity index (χ3v) is 14.3. The summed E-state index contributed by atoms with van der Waals surface area (Å²) in [6.45, 7) is 6.52. The molecule has 0 aliphatic carbocycles. The number of nitrogens with one attached hydrogen (secondary N) is 1. The van der Waals surface area contributed by atoms with Crippen LogP contribution in [0.4, 0.5) is 0 Å². The Balaban J connectivity index is 4.53. The fraction of sp³-hybridized carbons (Fsp3) is 0.903. The average Bonchev–Trinajstić information content (AvgIpc) is 3.33. The number of carbonyl (C=O) groups is 2. The van der Waals surface area contributed by atoms with Crippen LogP contribution < -0.4 is 5.32 Å². The minimum absolute atomic E-state index is 0.0779. The number of aliphatic hydroxyl groups is 2. The summed E-state index contributed by atoms with van der Waals surface area (Å²) in [5.74, 6) is -0.463. The molecule has 0 aliphatic rings. The van der Waals surface area contributed by atoms with E-state index >= 15 is 0 Å². The first kappa shape index (κ1) is 66.3. The molecule has 0 aliphatic heterocycles. The highest BCUT2D eigenvalue weighted by Gasteiger charge is 2.24. The number of rotatable bonds is 56. The number of amides is 1. The van der Waals surface area contributed by atoms with Crippen molar-refractivity contribution in [2.24, 2.45) is 0 Å². The smallest absolute Gasteiger partial charge is 0.306 e. The average molecular weight is 959 g/mol. The minimum atomic E-state index is -0.787. The topological polar surface area (TPSA) is 95.9 Å². The third kappa shape index (κ3) is 50.7. The summed E-state index contributed by atoms with van der Waals surface area (Å²) in [5.41, 5.74) is 0. The van der Waals surface area contributed by atoms with Crippen molar-refractivity contribution in [3.05, 3.63) is 24.3 Å². The molecule has 3 unspecified atom stereocenters. The SMILES string of the molecule is CCCCCCCC/C=C/CCCCCCCCCC(=O)OC(CCCCCCCCC/C=C/CCCCCCCC)CC(=O)NC(CO)C(O)CCCCCCCCCCCCCCCCC. The number of hydrogen-bond acceptors (Lipinski definition) is 5. The lowest BCUT2D eigenvalue weighted by Crippen LogP contribution is -2.46. The summed E-state index contributed by atoms with van der Waals surface area (Å²) in [6, 6.07) is -0.701. The van der Waals surface area contributed by atoms with E-state index < -0.39 is 18.2 Å². The zero-order valence-electron chi connectivity index (χ0n) is 46.0. The molecule has 0 heterocycles. The van der Waals surface area contributed by atoms with Crippen LogP contribution in [0.2, 0.25) is 0 Å². The quantitative estimate of drug-likeness (QED) is 0.0321. The van der Waals surface area contributed by atoms with Gasteiger partial charge in [-0.25, -0.2) is 0 Å². The van der Waals surface area contributed by atoms with E-state index in [1.807, 2.05) is 0 Å². The molecule has 0 spiro atoms. The van der Waals surface area contributed by atoms with Crippen LogP contribution >= 0.6 is 0 Å². The molecule has 0 fully saturated rings. The molecule has 0 aromatic heterocycles. The van der Waals surface area contributed by atoms with Gasteiger partial charge in [0.05, 0.1) is 25.2 Å². The molecule has 0 saturated heterocycles. The van der Waals surface area contributed by atoms with Gasteiger partial charge in [-0.15, -0.1) is 0 Å². The number of aliphatic hydroxyl groups excluding tert-OH is 2. The lowest BCUT2D eigenvalue weighted by Gasteiger charge is -2.24. The van der Waals surface area contributed by atoms with Crippen LogP contribution in [0, 0.1) is 0 Å². The van der Waals surface area contributed by atoms with E-state index in [4.69, 9.17) is 4.74 Å². The Bertz CT molecular complexity index is 1080. The van der Waals surface area contributed by atoms with Crippen molar-refractivity contribution in [3.63, 3.8) is 0 Å². The van der Waals surface area contributed by atoms with Gasteiger partial charge in [0, 0.05) is 6.42 Å². The normalized spacial score (nSPS) is 13.2. The van der Waals surface area contributed by atoms with Gasteiger partial charge < -0.3 is 20.3 Å². The first-order valence-electron chi connectivity index (χ1n) is 30.6. The standard InChI is InChI=1S/C62H119NO5/c1-4-7-10-13-16-19-22-25-28-30-33-35-38-41-44-47-50-53-58(68-62(67)55-52-49-46-43-40-37-34-31-29-26-23-20-17-14-11-8-5-2)56-61(66)63-59(57-64)60(65)54-51-48-45-42-39-36-32-27-24-21-18-15-12-9-6-3/h25-26,28-29,58-60,64-65H,4-24,27,30-57H2,1-3H3,(H,63,66)/b28-25+,29-26+. The molecule has 3 N–H and O–H groups in total. The van der Waals surface area contributed by atoms with Crippen LogP contribution in [0.5, 0.6) is 0 Å². The Kier molecular flexibility index (Phi) is 54.9. The van der Waals surface area contributed by atoms with Crippen LogP contribution in [0.3, 0.4) is 0 Å². The minimum Gasteiger partial charge on any atom is -0.462 e. The summed E-state index contributed by atoms with van der Waals surface area (Å²) in [7, 11) is 0. The monoisotopic (exact) mass is 958 g/mol. The molecule has 6 nitrogen and oxygen atoms in total. The molecule has 68 heavy (non-hydrogen) atoms. The van der Waals surface area contributed by atoms with E-state index in [0.717, 1.165) is 51.4 Å². The number of hydrogen-bond donors (Lipinski definition) is 3. The highest BCUT2D eigenvalue weighted by atomic mass is 16.5. The van der Waals surface area contributed by atoms with Crippen LogP contribution in [0.15, 0.2) is 24.3 Å². The molecule has 0 aromatic rings. The summed E-state index contributed by atoms with van der Waals surface area (Å²) < 4.78 is 5.98. The summed E-state index contributed by atoms with van der Waals surface area (Å²) in [6.07, 6.45) is 66.7. The molecule has 402 valence electrons. The van der Waals surface area contributed by atoms with Crippen LogP contribution in [-0.2, 0) is 14.3 Å². The van der Waals surface area contributed by atoms with Crippen molar-refractivity contribution in [2.45, 2.75) is 354 Å². The lowest BCUT2D eigenvalue weighted by atomic mass is 10.0. The van der Waals surface area contributed by atoms with Crippen LogP contribution in [-0.4, -0.2) is 46.9 Å². The molecule has 0 rings (SSSR count). The van der Waals surface area contributed by atoms with Gasteiger partial charge in [0.1, 0.15) is 6.10 Å². The summed E-state index contributed by atoms with van der Waals surface area (Å²) in [4.78, 5) is 26.3. The van der Waals surface area contributed by atoms with Crippen molar-refractivity contribution < 1.29 is 24.5 Å². The Morgan fingerprint density at radius 3 is 1.04 bits per heavy atom. The van der Waals surface area contributed by atoms with Gasteiger partial charge in [-0.1, -0.05) is 270 Å². The highest BCUT2D eigenvalue weighted by Crippen LogP contribution is 2.19. The lowest BCUT2D eigenvalue weighted by molar-refractivity contribution is -0.151. The Hall–Kier alpha value is -1.66. The van der Waals surface area contributed by atoms with E-state index in [2.05, 4.69) is 50.4 Å². The molecule has 6 heteroatoms. The van der Waals surface area contributed by atoms with Crippen molar-refractivity contribution in [1.29, 1.82) is 0 Å². The number of allylic oxidation sites excluding steroid dienone is 4. The molecule has 3 atom stereocenters.